The Morgan fingerprint density at radius 3 is 2.68 bits per heavy atom. The Kier molecular flexibility index (Phi) is 3.47. The number of nitrogens with zero attached hydrogens (tertiary/aromatic N) is 1. The van der Waals surface area contributed by atoms with E-state index >= 15 is 0 Å². The van der Waals surface area contributed by atoms with E-state index in [1.54, 1.807) is 0 Å². The van der Waals surface area contributed by atoms with Crippen LogP contribution in [0.25, 0.3) is 0 Å². The lowest BCUT2D eigenvalue weighted by Gasteiger charge is -2.26. The molecule has 2 N–H and O–H groups in total. The molecule has 0 atom stereocenters. The Balaban J connectivity index is 2.09. The minimum atomic E-state index is 0.825. The van der Waals surface area contributed by atoms with Gasteiger partial charge in [-0.3, -0.25) is 0 Å². The Bertz CT molecular complexity index is 595. The van der Waals surface area contributed by atoms with Gasteiger partial charge in [-0.25, -0.2) is 0 Å². The molecule has 0 bridgehead atoms. The van der Waals surface area contributed by atoms with Gasteiger partial charge in [-0.2, -0.15) is 0 Å². The molecule has 98 valence electrons. The number of halogens is 1. The molecule has 2 nitrogen and oxygen atoms in total. The minimum absolute atomic E-state index is 0.825. The van der Waals surface area contributed by atoms with Crippen LogP contribution >= 0.6 is 15.9 Å². The molecule has 0 aliphatic carbocycles. The van der Waals surface area contributed by atoms with Crippen LogP contribution in [0.1, 0.15) is 18.4 Å². The Morgan fingerprint density at radius 2 is 1.84 bits per heavy atom. The average Bonchev–Trinajstić information content (AvgIpc) is 2.61. The number of aryl methyl sites for hydroxylation is 1. The summed E-state index contributed by atoms with van der Waals surface area (Å²) in [7, 11) is 0. The molecular weight excluding hydrogens is 300 g/mol. The Morgan fingerprint density at radius 1 is 1.00 bits per heavy atom. The van der Waals surface area contributed by atoms with Gasteiger partial charge in [0.1, 0.15) is 0 Å². The molecule has 1 heterocycles. The monoisotopic (exact) mass is 316 g/mol. The molecule has 1 aliphatic rings. The summed E-state index contributed by atoms with van der Waals surface area (Å²) < 4.78 is 1.02. The van der Waals surface area contributed by atoms with Crippen molar-refractivity contribution in [2.75, 3.05) is 17.2 Å². The predicted octanol–water partition coefficient (Wildman–Crippen LogP) is 4.51. The third-order valence-electron chi connectivity index (χ3n) is 3.64. The third-order valence-corrected chi connectivity index (χ3v) is 4.13. The number of fused-ring (bicyclic) bond motifs is 1. The minimum Gasteiger partial charge on any atom is -0.397 e. The number of hydrogen-bond donors (Lipinski definition) is 1. The van der Waals surface area contributed by atoms with Crippen LogP contribution < -0.4 is 10.6 Å². The molecule has 1 aliphatic heterocycles. The Labute approximate surface area is 122 Å². The summed E-state index contributed by atoms with van der Waals surface area (Å²) in [5.41, 5.74) is 10.8. The SMILES string of the molecule is Nc1cc(Br)ccc1N1CCCCc2ccccc21. The molecule has 19 heavy (non-hydrogen) atoms. The molecule has 0 amide bonds. The summed E-state index contributed by atoms with van der Waals surface area (Å²) in [6, 6.07) is 14.8. The van der Waals surface area contributed by atoms with E-state index in [4.69, 9.17) is 5.73 Å². The molecule has 0 aromatic heterocycles. The number of hydrogen-bond acceptors (Lipinski definition) is 2. The summed E-state index contributed by atoms with van der Waals surface area (Å²) in [5.74, 6) is 0. The number of anilines is 3. The van der Waals surface area contributed by atoms with Gasteiger partial charge in [0.15, 0.2) is 0 Å². The predicted molar refractivity (Wildman–Crippen MR) is 84.9 cm³/mol. The van der Waals surface area contributed by atoms with Crippen LogP contribution in [0.5, 0.6) is 0 Å². The van der Waals surface area contributed by atoms with Crippen LogP contribution in [0.3, 0.4) is 0 Å². The molecule has 0 saturated carbocycles. The van der Waals surface area contributed by atoms with Crippen molar-refractivity contribution < 1.29 is 0 Å². The number of nitrogen functional groups attached to an aromatic ring is 1. The smallest absolute Gasteiger partial charge is 0.0645 e. The molecule has 0 fully saturated rings. The number of rotatable bonds is 1. The zero-order valence-electron chi connectivity index (χ0n) is 10.8. The summed E-state index contributed by atoms with van der Waals surface area (Å²) in [5, 5.41) is 0. The van der Waals surface area contributed by atoms with Crippen LogP contribution in [-0.4, -0.2) is 6.54 Å². The van der Waals surface area contributed by atoms with Crippen molar-refractivity contribution in [1.29, 1.82) is 0 Å². The fourth-order valence-corrected chi connectivity index (χ4v) is 3.09. The van der Waals surface area contributed by atoms with Crippen molar-refractivity contribution >= 4 is 33.0 Å². The largest absolute Gasteiger partial charge is 0.397 e. The summed E-state index contributed by atoms with van der Waals surface area (Å²) >= 11 is 3.47. The highest BCUT2D eigenvalue weighted by atomic mass is 79.9. The molecule has 0 radical (unpaired) electrons. The zero-order valence-corrected chi connectivity index (χ0v) is 12.4. The maximum absolute atomic E-state index is 6.19. The maximum atomic E-state index is 6.19. The molecular formula is C16H17BrN2. The molecule has 0 saturated heterocycles. The highest BCUT2D eigenvalue weighted by molar-refractivity contribution is 9.10. The highest BCUT2D eigenvalue weighted by Crippen LogP contribution is 2.36. The summed E-state index contributed by atoms with van der Waals surface area (Å²) in [6.45, 7) is 1.03. The van der Waals surface area contributed by atoms with E-state index < -0.39 is 0 Å². The van der Waals surface area contributed by atoms with Crippen molar-refractivity contribution in [2.45, 2.75) is 19.3 Å². The molecule has 3 heteroatoms. The quantitative estimate of drug-likeness (QED) is 0.784. The fraction of sp³-hybridized carbons (Fsp3) is 0.250. The lowest BCUT2D eigenvalue weighted by Crippen LogP contribution is -2.19. The van der Waals surface area contributed by atoms with Gasteiger partial charge in [-0.15, -0.1) is 0 Å². The van der Waals surface area contributed by atoms with E-state index in [2.05, 4.69) is 57.2 Å². The first kappa shape index (κ1) is 12.5. The van der Waals surface area contributed by atoms with Crippen molar-refractivity contribution in [1.82, 2.24) is 0 Å². The van der Waals surface area contributed by atoms with Crippen LogP contribution in [-0.2, 0) is 6.42 Å². The zero-order chi connectivity index (χ0) is 13.2. The van der Waals surface area contributed by atoms with Crippen LogP contribution in [0.4, 0.5) is 17.1 Å². The van der Waals surface area contributed by atoms with Crippen molar-refractivity contribution in [3.63, 3.8) is 0 Å². The second-order valence-electron chi connectivity index (χ2n) is 4.94. The standard InChI is InChI=1S/C16H17BrN2/c17-13-8-9-16(14(18)11-13)19-10-4-3-6-12-5-1-2-7-15(12)19/h1-2,5,7-9,11H,3-4,6,10,18H2. The number of benzene rings is 2. The molecule has 0 spiro atoms. The second-order valence-corrected chi connectivity index (χ2v) is 5.86. The van der Waals surface area contributed by atoms with E-state index in [-0.39, 0.29) is 0 Å². The second kappa shape index (κ2) is 5.25. The van der Waals surface area contributed by atoms with Gasteiger partial charge in [-0.1, -0.05) is 34.1 Å². The number of para-hydroxylation sites is 1. The average molecular weight is 317 g/mol. The van der Waals surface area contributed by atoms with E-state index in [9.17, 15) is 0 Å². The first-order valence-electron chi connectivity index (χ1n) is 6.66. The summed E-state index contributed by atoms with van der Waals surface area (Å²) in [4.78, 5) is 2.35. The Hall–Kier alpha value is -1.48. The van der Waals surface area contributed by atoms with Crippen molar-refractivity contribution in [3.8, 4) is 0 Å². The van der Waals surface area contributed by atoms with Crippen LogP contribution in [0, 0.1) is 0 Å². The third kappa shape index (κ3) is 2.47. The maximum Gasteiger partial charge on any atom is 0.0645 e. The highest BCUT2D eigenvalue weighted by Gasteiger charge is 2.17. The molecule has 2 aromatic carbocycles. The first-order valence-corrected chi connectivity index (χ1v) is 7.45. The van der Waals surface area contributed by atoms with Crippen LogP contribution in [0.15, 0.2) is 46.9 Å². The molecule has 2 aromatic rings. The van der Waals surface area contributed by atoms with Gasteiger partial charge in [0.2, 0.25) is 0 Å². The van der Waals surface area contributed by atoms with E-state index in [0.717, 1.165) is 28.8 Å². The van der Waals surface area contributed by atoms with Crippen molar-refractivity contribution in [3.05, 3.63) is 52.5 Å². The summed E-state index contributed by atoms with van der Waals surface area (Å²) in [6.07, 6.45) is 3.59. The van der Waals surface area contributed by atoms with E-state index in [0.29, 0.717) is 0 Å². The number of nitrogens with two attached hydrogens (primary N) is 1. The van der Waals surface area contributed by atoms with Gasteiger partial charge in [0.25, 0.3) is 0 Å². The molecule has 0 unspecified atom stereocenters. The topological polar surface area (TPSA) is 29.3 Å². The van der Waals surface area contributed by atoms with Gasteiger partial charge in [0.05, 0.1) is 11.4 Å². The van der Waals surface area contributed by atoms with Crippen LogP contribution in [0.2, 0.25) is 0 Å². The van der Waals surface area contributed by atoms with Gasteiger partial charge < -0.3 is 10.6 Å². The lowest BCUT2D eigenvalue weighted by molar-refractivity contribution is 0.761. The van der Waals surface area contributed by atoms with E-state index in [1.165, 1.54) is 24.1 Å². The molecule has 3 rings (SSSR count). The van der Waals surface area contributed by atoms with Gasteiger partial charge >= 0.3 is 0 Å². The normalized spacial score (nSPS) is 14.9. The fourth-order valence-electron chi connectivity index (χ4n) is 2.71. The van der Waals surface area contributed by atoms with Crippen molar-refractivity contribution in [2.24, 2.45) is 0 Å². The van der Waals surface area contributed by atoms with Gasteiger partial charge in [0, 0.05) is 16.7 Å². The van der Waals surface area contributed by atoms with Gasteiger partial charge in [-0.05, 0) is 49.1 Å². The first-order chi connectivity index (χ1) is 9.25. The van der Waals surface area contributed by atoms with E-state index in [1.807, 2.05) is 6.07 Å². The lowest BCUT2D eigenvalue weighted by atomic mass is 10.1.